The molecule has 0 radical (unpaired) electrons. The average molecular weight is 453 g/mol. The summed E-state index contributed by atoms with van der Waals surface area (Å²) in [7, 11) is 4.70. The Bertz CT molecular complexity index is 431. The molecule has 0 amide bonds. The second kappa shape index (κ2) is 6.10. The van der Waals surface area contributed by atoms with Crippen LogP contribution >= 0.6 is 0 Å². The topological polar surface area (TPSA) is 6.48 Å². The maximum absolute atomic E-state index is 3.23. The summed E-state index contributed by atoms with van der Waals surface area (Å²) in [5.41, 5.74) is 0. The van der Waals surface area contributed by atoms with Crippen LogP contribution in [-0.4, -0.2) is 33.0 Å². The van der Waals surface area contributed by atoms with Gasteiger partial charge < -0.3 is 0 Å². The molecule has 0 N–H and O–H groups in total. The van der Waals surface area contributed by atoms with Crippen LogP contribution < -0.4 is 0 Å². The van der Waals surface area contributed by atoms with Gasteiger partial charge in [0.2, 0.25) is 0 Å². The Kier molecular flexibility index (Phi) is 4.97. The van der Waals surface area contributed by atoms with E-state index in [0.717, 1.165) is 13.1 Å². The Hall–Kier alpha value is -0.250. The molecule has 2 rings (SSSR count). The van der Waals surface area contributed by atoms with Crippen LogP contribution in [0, 0.1) is 0 Å². The van der Waals surface area contributed by atoms with Crippen molar-refractivity contribution in [2.45, 2.75) is 34.0 Å². The number of rotatable bonds is 6. The first kappa shape index (κ1) is 17.1. The zero-order chi connectivity index (χ0) is 15.7. The van der Waals surface area contributed by atoms with E-state index < -0.39 is 20.5 Å². The fourth-order valence-electron chi connectivity index (χ4n) is 4.57. The predicted octanol–water partition coefficient (Wildman–Crippen LogP) is 4.48. The molecule has 3 heteroatoms. The molecule has 0 bridgehead atoms. The van der Waals surface area contributed by atoms with Crippen LogP contribution in [0.1, 0.15) is 27.7 Å². The van der Waals surface area contributed by atoms with Gasteiger partial charge in [0.05, 0.1) is 0 Å². The summed E-state index contributed by atoms with van der Waals surface area (Å²) >= 11 is -3.23. The van der Waals surface area contributed by atoms with Gasteiger partial charge in [-0.3, -0.25) is 0 Å². The molecule has 0 saturated carbocycles. The van der Waals surface area contributed by atoms with E-state index in [-0.39, 0.29) is 6.34 Å². The summed E-state index contributed by atoms with van der Waals surface area (Å²) in [6.07, 6.45) is 18.8. The monoisotopic (exact) mass is 454 g/mol. The first-order chi connectivity index (χ1) is 9.88. The molecule has 0 aromatic heterocycles. The third kappa shape index (κ3) is 2.32. The molecule has 0 spiro atoms. The molecule has 116 valence electrons. The van der Waals surface area contributed by atoms with Crippen LogP contribution in [-0.2, 0) is 20.5 Å². The Labute approximate surface area is 136 Å². The van der Waals surface area contributed by atoms with Gasteiger partial charge in [0, 0.05) is 0 Å². The molecular formula is C18H30HfN2. The van der Waals surface area contributed by atoms with E-state index in [1.807, 2.05) is 0 Å². The molecule has 21 heavy (non-hydrogen) atoms. The Morgan fingerprint density at radius 3 is 1.24 bits per heavy atom. The summed E-state index contributed by atoms with van der Waals surface area (Å²) in [6, 6.07) is 0. The van der Waals surface area contributed by atoms with Crippen molar-refractivity contribution in [2.75, 3.05) is 27.2 Å². The van der Waals surface area contributed by atoms with Crippen molar-refractivity contribution in [2.24, 2.45) is 0 Å². The minimum absolute atomic E-state index is 0.191. The van der Waals surface area contributed by atoms with Gasteiger partial charge in [-0.15, -0.1) is 0 Å². The van der Waals surface area contributed by atoms with Crippen molar-refractivity contribution in [1.82, 2.24) is 5.78 Å². The van der Waals surface area contributed by atoms with Gasteiger partial charge in [-0.2, -0.15) is 0 Å². The van der Waals surface area contributed by atoms with Crippen molar-refractivity contribution >= 4 is 0 Å². The molecule has 2 aliphatic carbocycles. The Morgan fingerprint density at radius 1 is 0.714 bits per heavy atom. The van der Waals surface area contributed by atoms with Gasteiger partial charge in [-0.1, -0.05) is 0 Å². The van der Waals surface area contributed by atoms with Crippen LogP contribution in [0.5, 0.6) is 0 Å². The van der Waals surface area contributed by atoms with Crippen molar-refractivity contribution < 1.29 is 20.5 Å². The van der Waals surface area contributed by atoms with Crippen LogP contribution in [0.2, 0.25) is 6.34 Å². The van der Waals surface area contributed by atoms with Crippen LogP contribution in [0.4, 0.5) is 0 Å². The molecule has 0 heterocycles. The number of allylic oxidation sites excluding steroid dienone is 8. The first-order valence-electron chi connectivity index (χ1n) is 8.04. The fourth-order valence-corrected chi connectivity index (χ4v) is 30.7. The number of nitrogens with zero attached hydrogens (tertiary/aromatic N) is 2. The molecule has 0 aromatic carbocycles. The molecule has 0 fully saturated rings. The van der Waals surface area contributed by atoms with Gasteiger partial charge in [-0.05, 0) is 0 Å². The number of hydrogen-bond donors (Lipinski definition) is 0. The zero-order valence-corrected chi connectivity index (χ0v) is 18.0. The van der Waals surface area contributed by atoms with Gasteiger partial charge in [-0.25, -0.2) is 0 Å². The number of hydrogen-bond acceptors (Lipinski definition) is 2. The summed E-state index contributed by atoms with van der Waals surface area (Å²) in [4.78, 5) is 0. The molecule has 0 saturated heterocycles. The molecule has 0 atom stereocenters. The maximum atomic E-state index is 2.73. The summed E-state index contributed by atoms with van der Waals surface area (Å²) in [5.74, 6) is 0. The predicted molar refractivity (Wildman–Crippen MR) is 89.9 cm³/mol. The average Bonchev–Trinajstić information content (AvgIpc) is 3.09. The van der Waals surface area contributed by atoms with Crippen molar-refractivity contribution in [3.05, 3.63) is 48.6 Å². The van der Waals surface area contributed by atoms with E-state index in [1.165, 1.54) is 0 Å². The standard InChI is InChI=1S/2C6H7.2C3H8N.Hf/c2*1-6-4-2-3-5-6;2*1-3-4-2;/h2*2-5H,1H3;2*3H2,1-2H3;/q;;2*-1;+2. The second-order valence-electron chi connectivity index (χ2n) is 6.70. The van der Waals surface area contributed by atoms with Crippen LogP contribution in [0.3, 0.4) is 0 Å². The fraction of sp³-hybridized carbons (Fsp3) is 0.556. The van der Waals surface area contributed by atoms with E-state index in [4.69, 9.17) is 0 Å². The summed E-state index contributed by atoms with van der Waals surface area (Å²) < 4.78 is 5.85. The van der Waals surface area contributed by atoms with Gasteiger partial charge in [0.1, 0.15) is 0 Å². The van der Waals surface area contributed by atoms with Crippen LogP contribution in [0.15, 0.2) is 48.6 Å². The molecule has 0 aliphatic heterocycles. The third-order valence-electron chi connectivity index (χ3n) is 5.55. The van der Waals surface area contributed by atoms with Crippen molar-refractivity contribution in [1.29, 1.82) is 0 Å². The van der Waals surface area contributed by atoms with E-state index in [1.54, 1.807) is 0 Å². The SMILES string of the molecule is CC[N](C)[Hf]([N](C)CC)([C]1(C)C=CC=C1)[C]1(C)C=CC=C1. The minimum atomic E-state index is -3.23. The van der Waals surface area contributed by atoms with Crippen LogP contribution in [0.25, 0.3) is 0 Å². The van der Waals surface area contributed by atoms with Crippen molar-refractivity contribution in [3.8, 4) is 0 Å². The van der Waals surface area contributed by atoms with Gasteiger partial charge >= 0.3 is 136 Å². The molecule has 2 aliphatic rings. The van der Waals surface area contributed by atoms with E-state index in [0.29, 0.717) is 0 Å². The Balaban J connectivity index is 2.72. The van der Waals surface area contributed by atoms with Gasteiger partial charge in [0.25, 0.3) is 0 Å². The Morgan fingerprint density at radius 2 is 1.00 bits per heavy atom. The second-order valence-corrected chi connectivity index (χ2v) is 24.8. The first-order valence-corrected chi connectivity index (χ1v) is 14.8. The van der Waals surface area contributed by atoms with Crippen molar-refractivity contribution in [3.63, 3.8) is 0 Å². The zero-order valence-electron chi connectivity index (χ0n) is 14.4. The van der Waals surface area contributed by atoms with E-state index in [9.17, 15) is 0 Å². The molecule has 0 unspecified atom stereocenters. The summed E-state index contributed by atoms with van der Waals surface area (Å²) in [6.45, 7) is 11.7. The molecule has 0 aromatic rings. The quantitative estimate of drug-likeness (QED) is 0.548. The molecule has 2 nitrogen and oxygen atoms in total. The van der Waals surface area contributed by atoms with Gasteiger partial charge in [0.15, 0.2) is 0 Å². The van der Waals surface area contributed by atoms with E-state index >= 15 is 0 Å². The normalized spacial score (nSPS) is 22.1. The third-order valence-corrected chi connectivity index (χ3v) is 28.9. The molecular weight excluding hydrogens is 423 g/mol. The van der Waals surface area contributed by atoms with E-state index in [2.05, 4.69) is 96.2 Å². The summed E-state index contributed by atoms with van der Waals surface area (Å²) in [5, 5.41) is 0.